The Bertz CT molecular complexity index is 1190. The van der Waals surface area contributed by atoms with Crippen molar-refractivity contribution in [1.29, 1.82) is 0 Å². The number of amides is 1. The molecule has 3 rings (SSSR count). The molecule has 0 aliphatic heterocycles. The highest BCUT2D eigenvalue weighted by Crippen LogP contribution is 2.21. The smallest absolute Gasteiger partial charge is 0.261 e. The van der Waals surface area contributed by atoms with Crippen molar-refractivity contribution in [3.05, 3.63) is 88.7 Å². The molecule has 3 aromatic carbocycles. The molecular weight excluding hydrogens is 391 g/mol. The Labute approximate surface area is 169 Å². The molecule has 0 bridgehead atoms. The Hall–Kier alpha value is -3.19. The fraction of sp³-hybridized carbons (Fsp3) is 0.136. The van der Waals surface area contributed by atoms with E-state index in [4.69, 9.17) is 0 Å². The van der Waals surface area contributed by atoms with E-state index in [1.54, 1.807) is 19.1 Å². The summed E-state index contributed by atoms with van der Waals surface area (Å²) in [6, 6.07) is 15.5. The van der Waals surface area contributed by atoms with Crippen molar-refractivity contribution in [2.24, 2.45) is 0 Å². The molecule has 7 heteroatoms. The van der Waals surface area contributed by atoms with Crippen molar-refractivity contribution in [3.63, 3.8) is 0 Å². The third-order valence-corrected chi connectivity index (χ3v) is 5.84. The maximum Gasteiger partial charge on any atom is 0.261 e. The normalized spacial score (nSPS) is 11.2. The molecule has 0 fully saturated rings. The lowest BCUT2D eigenvalue weighted by Gasteiger charge is -2.12. The van der Waals surface area contributed by atoms with Gasteiger partial charge in [0.05, 0.1) is 4.90 Å². The maximum absolute atomic E-state index is 13.7. The van der Waals surface area contributed by atoms with Crippen LogP contribution in [0.2, 0.25) is 0 Å². The molecule has 0 aliphatic rings. The molecule has 0 unspecified atom stereocenters. The zero-order valence-corrected chi connectivity index (χ0v) is 17.1. The number of benzene rings is 3. The minimum Gasteiger partial charge on any atom is -0.322 e. The molecule has 3 aromatic rings. The molecular formula is C22H21FN2O3S. The molecule has 0 saturated heterocycles. The first-order chi connectivity index (χ1) is 13.7. The summed E-state index contributed by atoms with van der Waals surface area (Å²) in [7, 11) is -3.99. The average Bonchev–Trinajstić information content (AvgIpc) is 2.66. The lowest BCUT2D eigenvalue weighted by atomic mass is 10.1. The quantitative estimate of drug-likeness (QED) is 0.632. The van der Waals surface area contributed by atoms with E-state index in [2.05, 4.69) is 10.0 Å². The summed E-state index contributed by atoms with van der Waals surface area (Å²) in [5, 5.41) is 2.82. The van der Waals surface area contributed by atoms with Crippen LogP contribution < -0.4 is 10.0 Å². The largest absolute Gasteiger partial charge is 0.322 e. The number of hydrogen-bond acceptors (Lipinski definition) is 3. The minimum absolute atomic E-state index is 0.189. The van der Waals surface area contributed by atoms with Gasteiger partial charge in [-0.3, -0.25) is 9.52 Å². The first-order valence-electron chi connectivity index (χ1n) is 8.93. The molecule has 0 spiro atoms. The zero-order chi connectivity index (χ0) is 21.2. The summed E-state index contributed by atoms with van der Waals surface area (Å²) in [5.41, 5.74) is 3.55. The number of anilines is 2. The second-order valence-electron chi connectivity index (χ2n) is 6.87. The zero-order valence-electron chi connectivity index (χ0n) is 16.3. The van der Waals surface area contributed by atoms with Crippen LogP contribution in [0.4, 0.5) is 15.8 Å². The van der Waals surface area contributed by atoms with E-state index in [0.717, 1.165) is 17.2 Å². The molecule has 5 nitrogen and oxygen atoms in total. The molecule has 29 heavy (non-hydrogen) atoms. The lowest BCUT2D eigenvalue weighted by molar-refractivity contribution is 0.102. The number of carbonyl (C=O) groups excluding carboxylic acids is 1. The predicted molar refractivity (Wildman–Crippen MR) is 112 cm³/mol. The van der Waals surface area contributed by atoms with Crippen LogP contribution in [0, 0.1) is 26.6 Å². The third-order valence-electron chi connectivity index (χ3n) is 4.46. The summed E-state index contributed by atoms with van der Waals surface area (Å²) in [6.45, 7) is 5.42. The van der Waals surface area contributed by atoms with Crippen LogP contribution in [0.1, 0.15) is 27.0 Å². The van der Waals surface area contributed by atoms with Crippen LogP contribution in [0.25, 0.3) is 0 Å². The summed E-state index contributed by atoms with van der Waals surface area (Å²) in [6.07, 6.45) is 0. The van der Waals surface area contributed by atoms with Crippen LogP contribution >= 0.6 is 0 Å². The number of rotatable bonds is 5. The highest BCUT2D eigenvalue weighted by atomic mass is 32.2. The fourth-order valence-electron chi connectivity index (χ4n) is 2.83. The Morgan fingerprint density at radius 2 is 1.66 bits per heavy atom. The number of nitrogens with one attached hydrogen (secondary N) is 2. The summed E-state index contributed by atoms with van der Waals surface area (Å²) in [4.78, 5) is 12.4. The fourth-order valence-corrected chi connectivity index (χ4v) is 3.89. The molecule has 0 saturated carbocycles. The summed E-state index contributed by atoms with van der Waals surface area (Å²) >= 11 is 0. The van der Waals surface area contributed by atoms with Gasteiger partial charge in [-0.15, -0.1) is 0 Å². The molecule has 0 atom stereocenters. The first-order valence-corrected chi connectivity index (χ1v) is 10.4. The van der Waals surface area contributed by atoms with E-state index in [-0.39, 0.29) is 16.5 Å². The topological polar surface area (TPSA) is 75.3 Å². The number of aryl methyl sites for hydroxylation is 3. The van der Waals surface area contributed by atoms with Crippen LogP contribution in [0.5, 0.6) is 0 Å². The van der Waals surface area contributed by atoms with Gasteiger partial charge in [0.15, 0.2) is 0 Å². The second-order valence-corrected chi connectivity index (χ2v) is 8.55. The standard InChI is InChI=1S/C22H21FN2O3S/c1-14-7-10-21(16(3)11-14)24-22(26)17-5-4-6-18(12-17)25-29(27,28)19-9-8-15(2)20(23)13-19/h4-13,25H,1-3H3,(H,24,26). The second kappa shape index (κ2) is 8.05. The number of sulfonamides is 1. The van der Waals surface area contributed by atoms with Gasteiger partial charge in [0, 0.05) is 16.9 Å². The molecule has 0 aliphatic carbocycles. The molecule has 0 radical (unpaired) electrons. The van der Waals surface area contributed by atoms with E-state index < -0.39 is 15.8 Å². The molecule has 2 N–H and O–H groups in total. The Balaban J connectivity index is 1.81. The van der Waals surface area contributed by atoms with Gasteiger partial charge in [0.2, 0.25) is 0 Å². The molecule has 1 amide bonds. The SMILES string of the molecule is Cc1ccc(NC(=O)c2cccc(NS(=O)(=O)c3ccc(C)c(F)c3)c2)c(C)c1. The van der Waals surface area contributed by atoms with Gasteiger partial charge in [-0.05, 0) is 68.3 Å². The van der Waals surface area contributed by atoms with E-state index in [9.17, 15) is 17.6 Å². The maximum atomic E-state index is 13.7. The number of hydrogen-bond donors (Lipinski definition) is 2. The van der Waals surface area contributed by atoms with Crippen LogP contribution in [0.3, 0.4) is 0 Å². The van der Waals surface area contributed by atoms with Gasteiger partial charge in [0.1, 0.15) is 5.82 Å². The first kappa shape index (κ1) is 20.5. The summed E-state index contributed by atoms with van der Waals surface area (Å²) < 4.78 is 41.2. The Morgan fingerprint density at radius 1 is 0.897 bits per heavy atom. The van der Waals surface area contributed by atoms with E-state index >= 15 is 0 Å². The predicted octanol–water partition coefficient (Wildman–Crippen LogP) is 4.80. The Morgan fingerprint density at radius 3 is 2.34 bits per heavy atom. The van der Waals surface area contributed by atoms with Crippen LogP contribution in [-0.4, -0.2) is 14.3 Å². The van der Waals surface area contributed by atoms with Crippen molar-refractivity contribution in [3.8, 4) is 0 Å². The minimum atomic E-state index is -3.99. The highest BCUT2D eigenvalue weighted by Gasteiger charge is 2.17. The van der Waals surface area contributed by atoms with Crippen molar-refractivity contribution < 1.29 is 17.6 Å². The Kier molecular flexibility index (Phi) is 5.70. The van der Waals surface area contributed by atoms with Crippen LogP contribution in [0.15, 0.2) is 65.6 Å². The van der Waals surface area contributed by atoms with Gasteiger partial charge < -0.3 is 5.32 Å². The van der Waals surface area contributed by atoms with Gasteiger partial charge in [0.25, 0.3) is 15.9 Å². The number of halogens is 1. The molecule has 0 aromatic heterocycles. The van der Waals surface area contributed by atoms with Gasteiger partial charge in [-0.2, -0.15) is 0 Å². The average molecular weight is 412 g/mol. The van der Waals surface area contributed by atoms with Crippen molar-refractivity contribution in [1.82, 2.24) is 0 Å². The van der Waals surface area contributed by atoms with Gasteiger partial charge in [-0.1, -0.05) is 29.8 Å². The van der Waals surface area contributed by atoms with E-state index in [0.29, 0.717) is 16.8 Å². The summed E-state index contributed by atoms with van der Waals surface area (Å²) in [5.74, 6) is -0.964. The molecule has 150 valence electrons. The van der Waals surface area contributed by atoms with E-state index in [1.807, 2.05) is 32.0 Å². The van der Waals surface area contributed by atoms with E-state index in [1.165, 1.54) is 24.3 Å². The van der Waals surface area contributed by atoms with Crippen molar-refractivity contribution in [2.45, 2.75) is 25.7 Å². The number of carbonyl (C=O) groups is 1. The highest BCUT2D eigenvalue weighted by molar-refractivity contribution is 7.92. The van der Waals surface area contributed by atoms with Gasteiger partial charge in [-0.25, -0.2) is 12.8 Å². The third kappa shape index (κ3) is 4.81. The lowest BCUT2D eigenvalue weighted by Crippen LogP contribution is -2.15. The van der Waals surface area contributed by atoms with Crippen molar-refractivity contribution in [2.75, 3.05) is 10.0 Å². The van der Waals surface area contributed by atoms with Crippen LogP contribution in [-0.2, 0) is 10.0 Å². The monoisotopic (exact) mass is 412 g/mol. The molecule has 0 heterocycles. The van der Waals surface area contributed by atoms with Crippen molar-refractivity contribution >= 4 is 27.3 Å². The van der Waals surface area contributed by atoms with Gasteiger partial charge >= 0.3 is 0 Å².